The van der Waals surface area contributed by atoms with Gasteiger partial charge in [-0.2, -0.15) is 5.10 Å². The summed E-state index contributed by atoms with van der Waals surface area (Å²) in [6.45, 7) is 1.81. The van der Waals surface area contributed by atoms with Gasteiger partial charge in [0, 0.05) is 13.2 Å². The Balaban J connectivity index is 1.50. The van der Waals surface area contributed by atoms with Gasteiger partial charge in [0.15, 0.2) is 16.6 Å². The third-order valence-corrected chi connectivity index (χ3v) is 4.62. The monoisotopic (exact) mass is 417 g/mol. The van der Waals surface area contributed by atoms with Gasteiger partial charge in [0.05, 0.1) is 19.4 Å². The van der Waals surface area contributed by atoms with Gasteiger partial charge in [0.2, 0.25) is 0 Å². The first kappa shape index (κ1) is 21.0. The Morgan fingerprint density at radius 1 is 1.28 bits per heavy atom. The van der Waals surface area contributed by atoms with E-state index in [1.165, 1.54) is 12.1 Å². The highest BCUT2D eigenvalue weighted by molar-refractivity contribution is 7.80. The Labute approximate surface area is 175 Å². The van der Waals surface area contributed by atoms with Gasteiger partial charge in [0.1, 0.15) is 12.4 Å². The molecule has 0 aliphatic carbocycles. The predicted molar refractivity (Wildman–Crippen MR) is 114 cm³/mol. The average molecular weight is 418 g/mol. The molecule has 3 rings (SSSR count). The van der Waals surface area contributed by atoms with Gasteiger partial charge in [-0.25, -0.2) is 4.39 Å². The normalized spacial score (nSPS) is 16.0. The van der Waals surface area contributed by atoms with Crippen molar-refractivity contribution in [3.8, 4) is 11.5 Å². The van der Waals surface area contributed by atoms with Crippen LogP contribution in [0.25, 0.3) is 0 Å². The van der Waals surface area contributed by atoms with Crippen LogP contribution in [0.15, 0.2) is 47.6 Å². The Bertz CT molecular complexity index is 840. The Morgan fingerprint density at radius 3 is 2.83 bits per heavy atom. The number of halogens is 1. The Morgan fingerprint density at radius 2 is 2.10 bits per heavy atom. The SMILES string of the molecule is COc1cc(/C=N\NC(=S)NC[C@H]2CCCO2)ccc1OCc1ccc(F)cc1. The molecule has 1 fully saturated rings. The Hall–Kier alpha value is -2.71. The minimum atomic E-state index is -0.273. The first-order valence-corrected chi connectivity index (χ1v) is 9.78. The molecule has 8 heteroatoms. The number of benzene rings is 2. The number of hydrazone groups is 1. The quantitative estimate of drug-likeness (QED) is 0.390. The van der Waals surface area contributed by atoms with Crippen molar-refractivity contribution >= 4 is 23.5 Å². The smallest absolute Gasteiger partial charge is 0.187 e. The molecule has 0 saturated carbocycles. The summed E-state index contributed by atoms with van der Waals surface area (Å²) in [6.07, 6.45) is 4.00. The lowest BCUT2D eigenvalue weighted by Gasteiger charge is -2.12. The van der Waals surface area contributed by atoms with E-state index in [-0.39, 0.29) is 11.9 Å². The summed E-state index contributed by atoms with van der Waals surface area (Å²) >= 11 is 5.20. The molecule has 2 aromatic carbocycles. The third-order valence-electron chi connectivity index (χ3n) is 4.39. The van der Waals surface area contributed by atoms with Crippen LogP contribution in [0.4, 0.5) is 4.39 Å². The van der Waals surface area contributed by atoms with Crippen LogP contribution in [-0.4, -0.2) is 37.7 Å². The minimum absolute atomic E-state index is 0.213. The lowest BCUT2D eigenvalue weighted by atomic mass is 10.2. The van der Waals surface area contributed by atoms with E-state index in [1.54, 1.807) is 31.5 Å². The topological polar surface area (TPSA) is 64.1 Å². The van der Waals surface area contributed by atoms with Gasteiger partial charge >= 0.3 is 0 Å². The van der Waals surface area contributed by atoms with E-state index in [9.17, 15) is 4.39 Å². The molecule has 2 aromatic rings. The maximum absolute atomic E-state index is 13.0. The number of methoxy groups -OCH3 is 1. The summed E-state index contributed by atoms with van der Waals surface area (Å²) in [5, 5.41) is 7.68. The molecule has 1 aliphatic rings. The third kappa shape index (κ3) is 6.69. The lowest BCUT2D eigenvalue weighted by molar-refractivity contribution is 0.114. The number of nitrogens with one attached hydrogen (secondary N) is 2. The van der Waals surface area contributed by atoms with E-state index < -0.39 is 0 Å². The summed E-state index contributed by atoms with van der Waals surface area (Å²) in [6, 6.07) is 11.7. The number of ether oxygens (including phenoxy) is 3. The van der Waals surface area contributed by atoms with Crippen molar-refractivity contribution in [3.05, 3.63) is 59.4 Å². The van der Waals surface area contributed by atoms with Crippen LogP contribution >= 0.6 is 12.2 Å². The number of hydrogen-bond acceptors (Lipinski definition) is 5. The molecule has 29 heavy (non-hydrogen) atoms. The zero-order valence-corrected chi connectivity index (χ0v) is 17.0. The van der Waals surface area contributed by atoms with Crippen LogP contribution in [0.2, 0.25) is 0 Å². The van der Waals surface area contributed by atoms with E-state index >= 15 is 0 Å². The van der Waals surface area contributed by atoms with E-state index in [2.05, 4.69) is 15.8 Å². The molecule has 0 bridgehead atoms. The van der Waals surface area contributed by atoms with Crippen molar-refractivity contribution in [2.45, 2.75) is 25.6 Å². The summed E-state index contributed by atoms with van der Waals surface area (Å²) in [5.74, 6) is 0.899. The van der Waals surface area contributed by atoms with Crippen molar-refractivity contribution in [2.24, 2.45) is 5.10 Å². The first-order chi connectivity index (χ1) is 14.1. The molecule has 2 N–H and O–H groups in total. The van der Waals surface area contributed by atoms with Gasteiger partial charge in [-0.1, -0.05) is 12.1 Å². The van der Waals surface area contributed by atoms with E-state index in [4.69, 9.17) is 26.4 Å². The van der Waals surface area contributed by atoms with E-state index in [1.807, 2.05) is 12.1 Å². The fourth-order valence-corrected chi connectivity index (χ4v) is 2.98. The summed E-state index contributed by atoms with van der Waals surface area (Å²) in [5.41, 5.74) is 4.48. The maximum Gasteiger partial charge on any atom is 0.187 e. The summed E-state index contributed by atoms with van der Waals surface area (Å²) < 4.78 is 29.7. The van der Waals surface area contributed by atoms with Crippen molar-refractivity contribution in [2.75, 3.05) is 20.3 Å². The Kier molecular flexibility index (Phi) is 7.77. The number of nitrogens with zero attached hydrogens (tertiary/aromatic N) is 1. The van der Waals surface area contributed by atoms with Gasteiger partial charge in [-0.15, -0.1) is 0 Å². The molecule has 0 unspecified atom stereocenters. The number of hydrogen-bond donors (Lipinski definition) is 2. The second kappa shape index (κ2) is 10.7. The summed E-state index contributed by atoms with van der Waals surface area (Å²) in [4.78, 5) is 0. The van der Waals surface area contributed by atoms with Crippen LogP contribution in [0.1, 0.15) is 24.0 Å². The predicted octanol–water partition coefficient (Wildman–Crippen LogP) is 3.39. The van der Waals surface area contributed by atoms with Gasteiger partial charge in [0.25, 0.3) is 0 Å². The van der Waals surface area contributed by atoms with Crippen LogP contribution in [0.5, 0.6) is 11.5 Å². The van der Waals surface area contributed by atoms with E-state index in [0.29, 0.717) is 29.8 Å². The molecule has 6 nitrogen and oxygen atoms in total. The first-order valence-electron chi connectivity index (χ1n) is 9.38. The maximum atomic E-state index is 13.0. The van der Waals surface area contributed by atoms with Crippen molar-refractivity contribution in [3.63, 3.8) is 0 Å². The second-order valence-corrected chi connectivity index (χ2v) is 6.95. The van der Waals surface area contributed by atoms with E-state index in [0.717, 1.165) is 30.6 Å². The molecule has 0 radical (unpaired) electrons. The molecular weight excluding hydrogens is 393 g/mol. The molecule has 154 valence electrons. The van der Waals surface area contributed by atoms with Gasteiger partial charge < -0.3 is 19.5 Å². The zero-order chi connectivity index (χ0) is 20.5. The van der Waals surface area contributed by atoms with Crippen LogP contribution in [0.3, 0.4) is 0 Å². The van der Waals surface area contributed by atoms with Crippen LogP contribution in [-0.2, 0) is 11.3 Å². The second-order valence-electron chi connectivity index (χ2n) is 6.54. The van der Waals surface area contributed by atoms with Crippen molar-refractivity contribution in [1.29, 1.82) is 0 Å². The molecule has 0 amide bonds. The summed E-state index contributed by atoms with van der Waals surface area (Å²) in [7, 11) is 1.57. The molecule has 1 heterocycles. The molecule has 0 spiro atoms. The molecular formula is C21H24FN3O3S. The molecule has 0 aromatic heterocycles. The number of rotatable bonds is 8. The highest BCUT2D eigenvalue weighted by Crippen LogP contribution is 2.28. The zero-order valence-electron chi connectivity index (χ0n) is 16.2. The van der Waals surface area contributed by atoms with Crippen LogP contribution < -0.4 is 20.2 Å². The fraction of sp³-hybridized carbons (Fsp3) is 0.333. The lowest BCUT2D eigenvalue weighted by Crippen LogP contribution is -2.37. The standard InChI is InChI=1S/C21H24FN3O3S/c1-26-20-11-16(12-24-25-21(29)23-13-18-3-2-10-27-18)6-9-19(20)28-14-15-4-7-17(22)8-5-15/h4-9,11-12,18H,2-3,10,13-14H2,1H3,(H2,23,25,29)/b24-12-/t18-/m1/s1. The fourth-order valence-electron chi connectivity index (χ4n) is 2.84. The van der Waals surface area contributed by atoms with Gasteiger partial charge in [-0.05, 0) is 66.5 Å². The molecule has 1 atom stereocenters. The highest BCUT2D eigenvalue weighted by Gasteiger charge is 2.15. The largest absolute Gasteiger partial charge is 0.493 e. The van der Waals surface area contributed by atoms with Crippen LogP contribution in [0, 0.1) is 5.82 Å². The van der Waals surface area contributed by atoms with Gasteiger partial charge in [-0.3, -0.25) is 5.43 Å². The van der Waals surface area contributed by atoms with Crippen molar-refractivity contribution < 1.29 is 18.6 Å². The minimum Gasteiger partial charge on any atom is -0.493 e. The average Bonchev–Trinajstić information content (AvgIpc) is 3.26. The number of thiocarbonyl (C=S) groups is 1. The highest BCUT2D eigenvalue weighted by atomic mass is 32.1. The van der Waals surface area contributed by atoms with Crippen molar-refractivity contribution in [1.82, 2.24) is 10.7 Å². The molecule has 1 aliphatic heterocycles. The molecule has 1 saturated heterocycles.